The zero-order valence-corrected chi connectivity index (χ0v) is 9.67. The van der Waals surface area contributed by atoms with Gasteiger partial charge in [-0.15, -0.1) is 0 Å². The standard InChI is InChI=1S/C11H13F3N2O2/c1-2-18-10(17)7-4-3-5-8(15)9(7)16-6-11(12,13)14/h3-5,16H,2,6,15H2,1H3. The van der Waals surface area contributed by atoms with Gasteiger partial charge in [0.1, 0.15) is 6.54 Å². The first-order valence-electron chi connectivity index (χ1n) is 5.21. The Kier molecular flexibility index (Phi) is 4.41. The normalized spacial score (nSPS) is 11.1. The minimum atomic E-state index is -4.39. The van der Waals surface area contributed by atoms with Gasteiger partial charge in [-0.1, -0.05) is 6.07 Å². The Morgan fingerprint density at radius 1 is 1.44 bits per heavy atom. The summed E-state index contributed by atoms with van der Waals surface area (Å²) in [5.74, 6) is -0.713. The van der Waals surface area contributed by atoms with Crippen LogP contribution < -0.4 is 11.1 Å². The van der Waals surface area contributed by atoms with Gasteiger partial charge in [0, 0.05) is 0 Å². The second kappa shape index (κ2) is 5.61. The molecule has 7 heteroatoms. The summed E-state index contributed by atoms with van der Waals surface area (Å²) < 4.78 is 41.1. The summed E-state index contributed by atoms with van der Waals surface area (Å²) in [6.45, 7) is 0.465. The molecular weight excluding hydrogens is 249 g/mol. The summed E-state index contributed by atoms with van der Waals surface area (Å²) in [4.78, 5) is 11.5. The monoisotopic (exact) mass is 262 g/mol. The minimum absolute atomic E-state index is 0.0129. The first-order chi connectivity index (χ1) is 8.35. The van der Waals surface area contributed by atoms with Crippen molar-refractivity contribution in [3.63, 3.8) is 0 Å². The summed E-state index contributed by atoms with van der Waals surface area (Å²) in [5, 5.41) is 2.11. The van der Waals surface area contributed by atoms with Crippen molar-refractivity contribution >= 4 is 17.3 Å². The quantitative estimate of drug-likeness (QED) is 0.646. The molecule has 0 heterocycles. The number of alkyl halides is 3. The number of carbonyl (C=O) groups is 1. The molecule has 1 aromatic carbocycles. The third kappa shape index (κ3) is 3.83. The molecular formula is C11H13F3N2O2. The van der Waals surface area contributed by atoms with Crippen molar-refractivity contribution in [2.75, 3.05) is 24.2 Å². The molecule has 0 aromatic heterocycles. The Balaban J connectivity index is 2.97. The maximum atomic E-state index is 12.1. The van der Waals surface area contributed by atoms with E-state index in [0.29, 0.717) is 0 Å². The molecule has 3 N–H and O–H groups in total. The van der Waals surface area contributed by atoms with Gasteiger partial charge < -0.3 is 15.8 Å². The van der Waals surface area contributed by atoms with E-state index in [1.54, 1.807) is 6.92 Å². The fourth-order valence-corrected chi connectivity index (χ4v) is 1.34. The zero-order valence-electron chi connectivity index (χ0n) is 9.67. The summed E-state index contributed by atoms with van der Waals surface area (Å²) in [6.07, 6.45) is -4.39. The maximum absolute atomic E-state index is 12.1. The van der Waals surface area contributed by atoms with Gasteiger partial charge in [-0.25, -0.2) is 4.79 Å². The number of halogens is 3. The highest BCUT2D eigenvalue weighted by molar-refractivity contribution is 5.98. The second-order valence-corrected chi connectivity index (χ2v) is 3.46. The van der Waals surface area contributed by atoms with E-state index in [0.717, 1.165) is 0 Å². The number of ether oxygens (including phenoxy) is 1. The molecule has 0 radical (unpaired) electrons. The molecule has 0 saturated heterocycles. The van der Waals surface area contributed by atoms with Gasteiger partial charge in [0.15, 0.2) is 0 Å². The van der Waals surface area contributed by atoms with E-state index >= 15 is 0 Å². The summed E-state index contributed by atoms with van der Waals surface area (Å²) >= 11 is 0. The van der Waals surface area contributed by atoms with Crippen LogP contribution in [0.25, 0.3) is 0 Å². The third-order valence-corrected chi connectivity index (χ3v) is 2.06. The fourth-order valence-electron chi connectivity index (χ4n) is 1.34. The Hall–Kier alpha value is -1.92. The molecule has 100 valence electrons. The molecule has 0 aliphatic carbocycles. The molecule has 0 amide bonds. The van der Waals surface area contributed by atoms with Gasteiger partial charge in [0.25, 0.3) is 0 Å². The summed E-state index contributed by atoms with van der Waals surface area (Å²) in [7, 11) is 0. The van der Waals surface area contributed by atoms with Crippen LogP contribution >= 0.6 is 0 Å². The third-order valence-electron chi connectivity index (χ3n) is 2.06. The Bertz CT molecular complexity index is 433. The van der Waals surface area contributed by atoms with Crippen molar-refractivity contribution in [1.82, 2.24) is 0 Å². The van der Waals surface area contributed by atoms with E-state index in [-0.39, 0.29) is 23.5 Å². The van der Waals surface area contributed by atoms with Gasteiger partial charge in [-0.2, -0.15) is 13.2 Å². The average Bonchev–Trinajstić information content (AvgIpc) is 2.26. The van der Waals surface area contributed by atoms with E-state index in [9.17, 15) is 18.0 Å². The van der Waals surface area contributed by atoms with E-state index in [1.807, 2.05) is 0 Å². The molecule has 4 nitrogen and oxygen atoms in total. The van der Waals surface area contributed by atoms with Crippen LogP contribution in [0.3, 0.4) is 0 Å². The molecule has 0 fully saturated rings. The lowest BCUT2D eigenvalue weighted by molar-refractivity contribution is -0.115. The number of nitrogens with two attached hydrogens (primary N) is 1. The van der Waals surface area contributed by atoms with Gasteiger partial charge in [0.05, 0.1) is 23.5 Å². The fraction of sp³-hybridized carbons (Fsp3) is 0.364. The molecule has 0 aliphatic heterocycles. The van der Waals surface area contributed by atoms with Crippen LogP contribution in [-0.4, -0.2) is 25.3 Å². The van der Waals surface area contributed by atoms with Crippen molar-refractivity contribution in [2.24, 2.45) is 0 Å². The van der Waals surface area contributed by atoms with Crippen LogP contribution in [0.2, 0.25) is 0 Å². The van der Waals surface area contributed by atoms with Crippen molar-refractivity contribution in [1.29, 1.82) is 0 Å². The molecule has 0 spiro atoms. The number of para-hydroxylation sites is 1. The first-order valence-corrected chi connectivity index (χ1v) is 5.21. The van der Waals surface area contributed by atoms with E-state index < -0.39 is 18.7 Å². The van der Waals surface area contributed by atoms with Crippen LogP contribution in [0.5, 0.6) is 0 Å². The van der Waals surface area contributed by atoms with Crippen LogP contribution in [-0.2, 0) is 4.74 Å². The largest absolute Gasteiger partial charge is 0.462 e. The van der Waals surface area contributed by atoms with E-state index in [4.69, 9.17) is 10.5 Å². The molecule has 0 aliphatic rings. The number of hydrogen-bond acceptors (Lipinski definition) is 4. The zero-order chi connectivity index (χ0) is 13.8. The van der Waals surface area contributed by atoms with Crippen molar-refractivity contribution in [3.8, 4) is 0 Å². The molecule has 0 bridgehead atoms. The van der Waals surface area contributed by atoms with E-state index in [1.165, 1.54) is 18.2 Å². The lowest BCUT2D eigenvalue weighted by Gasteiger charge is -2.15. The van der Waals surface area contributed by atoms with Crippen LogP contribution in [0.15, 0.2) is 18.2 Å². The van der Waals surface area contributed by atoms with Gasteiger partial charge >= 0.3 is 12.1 Å². The summed E-state index contributed by atoms with van der Waals surface area (Å²) in [5.41, 5.74) is 5.53. The van der Waals surface area contributed by atoms with Crippen molar-refractivity contribution in [3.05, 3.63) is 23.8 Å². The highest BCUT2D eigenvalue weighted by Crippen LogP contribution is 2.26. The second-order valence-electron chi connectivity index (χ2n) is 3.46. The predicted molar refractivity (Wildman–Crippen MR) is 61.4 cm³/mol. The number of anilines is 2. The maximum Gasteiger partial charge on any atom is 0.405 e. The highest BCUT2D eigenvalue weighted by Gasteiger charge is 2.28. The van der Waals surface area contributed by atoms with Gasteiger partial charge in [0.2, 0.25) is 0 Å². The van der Waals surface area contributed by atoms with Crippen LogP contribution in [0.4, 0.5) is 24.5 Å². The topological polar surface area (TPSA) is 64.3 Å². The van der Waals surface area contributed by atoms with Gasteiger partial charge in [-0.3, -0.25) is 0 Å². The number of esters is 1. The Labute approximate surface area is 102 Å². The average molecular weight is 262 g/mol. The molecule has 0 atom stereocenters. The number of rotatable bonds is 4. The molecule has 1 aromatic rings. The number of nitrogen functional groups attached to an aromatic ring is 1. The van der Waals surface area contributed by atoms with Crippen molar-refractivity contribution in [2.45, 2.75) is 13.1 Å². The minimum Gasteiger partial charge on any atom is -0.462 e. The van der Waals surface area contributed by atoms with Crippen LogP contribution in [0.1, 0.15) is 17.3 Å². The number of nitrogens with one attached hydrogen (secondary N) is 1. The first kappa shape index (κ1) is 14.1. The number of carbonyl (C=O) groups excluding carboxylic acids is 1. The lowest BCUT2D eigenvalue weighted by Crippen LogP contribution is -2.23. The lowest BCUT2D eigenvalue weighted by atomic mass is 10.1. The highest BCUT2D eigenvalue weighted by atomic mass is 19.4. The molecule has 1 rings (SSSR count). The summed E-state index contributed by atoms with van der Waals surface area (Å²) in [6, 6.07) is 4.23. The Morgan fingerprint density at radius 3 is 2.67 bits per heavy atom. The smallest absolute Gasteiger partial charge is 0.405 e. The number of benzene rings is 1. The Morgan fingerprint density at radius 2 is 2.11 bits per heavy atom. The molecule has 0 saturated carbocycles. The molecule has 18 heavy (non-hydrogen) atoms. The van der Waals surface area contributed by atoms with Crippen molar-refractivity contribution < 1.29 is 22.7 Å². The van der Waals surface area contributed by atoms with E-state index in [2.05, 4.69) is 5.32 Å². The predicted octanol–water partition coefficient (Wildman–Crippen LogP) is 2.42. The van der Waals surface area contributed by atoms with Crippen LogP contribution in [0, 0.1) is 0 Å². The SMILES string of the molecule is CCOC(=O)c1cccc(N)c1NCC(F)(F)F. The number of hydrogen-bond donors (Lipinski definition) is 2. The molecule has 0 unspecified atom stereocenters. The van der Waals surface area contributed by atoms with Gasteiger partial charge in [-0.05, 0) is 19.1 Å².